The summed E-state index contributed by atoms with van der Waals surface area (Å²) in [5.74, 6) is 0.0484. The lowest BCUT2D eigenvalue weighted by Crippen LogP contribution is -2.45. The first-order valence-corrected chi connectivity index (χ1v) is 14.1. The van der Waals surface area contributed by atoms with Crippen molar-refractivity contribution < 1.29 is 24.2 Å². The second-order valence-electron chi connectivity index (χ2n) is 11.1. The number of nitrogens with one attached hydrogen (secondary N) is 1. The highest BCUT2D eigenvalue weighted by Crippen LogP contribution is 2.43. The average molecular weight is 532 g/mol. The Morgan fingerprint density at radius 3 is 2.24 bits per heavy atom. The van der Waals surface area contributed by atoms with E-state index in [9.17, 15) is 14.7 Å². The number of methoxy groups -OCH3 is 1. The lowest BCUT2D eigenvalue weighted by atomic mass is 9.74. The van der Waals surface area contributed by atoms with Crippen molar-refractivity contribution >= 4 is 23.2 Å². The van der Waals surface area contributed by atoms with Crippen LogP contribution in [0.4, 0.5) is 0 Å². The molecular weight excluding hydrogens is 486 g/mol. The second-order valence-corrected chi connectivity index (χ2v) is 12.1. The first-order valence-electron chi connectivity index (χ1n) is 13.2. The number of carbonyl (C=O) groups excluding carboxylic acids is 2. The van der Waals surface area contributed by atoms with Crippen molar-refractivity contribution in [1.29, 1.82) is 0 Å². The fourth-order valence-electron chi connectivity index (χ4n) is 4.29. The van der Waals surface area contributed by atoms with Crippen LogP contribution in [0, 0.1) is 5.41 Å². The summed E-state index contributed by atoms with van der Waals surface area (Å²) in [6, 6.07) is 9.52. The summed E-state index contributed by atoms with van der Waals surface area (Å²) in [6.45, 7) is 16.2. The summed E-state index contributed by atoms with van der Waals surface area (Å²) < 4.78 is 10.9. The van der Waals surface area contributed by atoms with E-state index >= 15 is 0 Å². The van der Waals surface area contributed by atoms with Gasteiger partial charge in [0.05, 0.1) is 12.0 Å². The minimum absolute atomic E-state index is 0.215. The molecule has 1 heterocycles. The summed E-state index contributed by atoms with van der Waals surface area (Å²) in [6.07, 6.45) is 3.58. The molecule has 37 heavy (non-hydrogen) atoms. The molecule has 0 bridgehead atoms. The Labute approximate surface area is 226 Å². The summed E-state index contributed by atoms with van der Waals surface area (Å²) in [5.41, 5.74) is 0.778. The third-order valence-corrected chi connectivity index (χ3v) is 8.96. The predicted molar refractivity (Wildman–Crippen MR) is 151 cm³/mol. The molecule has 0 fully saturated rings. The maximum Gasteiger partial charge on any atom is 0.328 e. The van der Waals surface area contributed by atoms with Gasteiger partial charge in [-0.2, -0.15) is 0 Å². The van der Waals surface area contributed by atoms with E-state index in [0.717, 1.165) is 41.9 Å². The number of benzene rings is 1. The van der Waals surface area contributed by atoms with Crippen LogP contribution in [-0.2, 0) is 21.4 Å². The largest absolute Gasteiger partial charge is 0.490 e. The van der Waals surface area contributed by atoms with Crippen molar-refractivity contribution in [3.05, 3.63) is 51.2 Å². The number of thiophene rings is 1. The Morgan fingerprint density at radius 2 is 1.70 bits per heavy atom. The molecule has 2 N–H and O–H groups in total. The van der Waals surface area contributed by atoms with Gasteiger partial charge in [-0.1, -0.05) is 60.1 Å². The molecule has 2 atom stereocenters. The number of ether oxygens (including phenoxy) is 2. The van der Waals surface area contributed by atoms with Gasteiger partial charge in [-0.3, -0.25) is 4.79 Å². The fraction of sp³-hybridized carbons (Fsp3) is 0.600. The number of hydrogen-bond donors (Lipinski definition) is 2. The first kappa shape index (κ1) is 30.8. The summed E-state index contributed by atoms with van der Waals surface area (Å²) in [7, 11) is 1.31. The van der Waals surface area contributed by atoms with Crippen LogP contribution in [0.15, 0.2) is 30.3 Å². The average Bonchev–Trinajstić information content (AvgIpc) is 3.34. The molecule has 1 aromatic carbocycles. The van der Waals surface area contributed by atoms with Crippen LogP contribution in [-0.4, -0.2) is 42.3 Å². The Bertz CT molecular complexity index is 1060. The van der Waals surface area contributed by atoms with Crippen molar-refractivity contribution in [2.75, 3.05) is 13.7 Å². The number of rotatable bonds is 12. The second kappa shape index (κ2) is 12.4. The summed E-state index contributed by atoms with van der Waals surface area (Å²) in [4.78, 5) is 26.2. The minimum atomic E-state index is -0.967. The van der Waals surface area contributed by atoms with Gasteiger partial charge in [0, 0.05) is 10.3 Å². The van der Waals surface area contributed by atoms with E-state index in [-0.39, 0.29) is 23.3 Å². The Kier molecular flexibility index (Phi) is 10.4. The van der Waals surface area contributed by atoms with Crippen LogP contribution in [0.5, 0.6) is 5.75 Å². The number of hydrogen-bond acceptors (Lipinski definition) is 6. The number of esters is 1. The molecule has 7 heteroatoms. The molecule has 2 aromatic rings. The van der Waals surface area contributed by atoms with Gasteiger partial charge >= 0.3 is 5.97 Å². The van der Waals surface area contributed by atoms with E-state index in [1.54, 1.807) is 6.92 Å². The molecule has 0 aliphatic heterocycles. The molecule has 1 aromatic heterocycles. The zero-order valence-electron chi connectivity index (χ0n) is 24.0. The molecule has 0 saturated carbocycles. The lowest BCUT2D eigenvalue weighted by Gasteiger charge is -2.37. The minimum Gasteiger partial charge on any atom is -0.490 e. The zero-order valence-corrected chi connectivity index (χ0v) is 24.8. The maximum absolute atomic E-state index is 12.8. The van der Waals surface area contributed by atoms with Crippen molar-refractivity contribution in [1.82, 2.24) is 5.32 Å². The number of aliphatic hydroxyl groups is 1. The molecule has 206 valence electrons. The molecule has 0 radical (unpaired) electrons. The fourth-order valence-corrected chi connectivity index (χ4v) is 5.55. The molecule has 1 unspecified atom stereocenters. The Balaban J connectivity index is 2.40. The number of amides is 1. The molecule has 2 rings (SSSR count). The highest BCUT2D eigenvalue weighted by molar-refractivity contribution is 7.14. The van der Waals surface area contributed by atoms with Gasteiger partial charge in [0.1, 0.15) is 24.0 Å². The van der Waals surface area contributed by atoms with E-state index in [2.05, 4.69) is 38.2 Å². The Morgan fingerprint density at radius 1 is 1.05 bits per heavy atom. The molecule has 0 saturated heterocycles. The highest BCUT2D eigenvalue weighted by atomic mass is 32.1. The molecule has 6 nitrogen and oxygen atoms in total. The van der Waals surface area contributed by atoms with E-state index in [4.69, 9.17) is 9.47 Å². The van der Waals surface area contributed by atoms with Crippen LogP contribution in [0.3, 0.4) is 0 Å². The number of aryl methyl sites for hydroxylation is 1. The monoisotopic (exact) mass is 531 g/mol. The van der Waals surface area contributed by atoms with E-state index in [1.165, 1.54) is 24.0 Å². The van der Waals surface area contributed by atoms with Gasteiger partial charge in [0.2, 0.25) is 0 Å². The van der Waals surface area contributed by atoms with Gasteiger partial charge < -0.3 is 19.9 Å². The first-order chi connectivity index (χ1) is 17.3. The van der Waals surface area contributed by atoms with Gasteiger partial charge in [-0.25, -0.2) is 4.79 Å². The lowest BCUT2D eigenvalue weighted by molar-refractivity contribution is -0.142. The molecule has 1 amide bonds. The summed E-state index contributed by atoms with van der Waals surface area (Å²) >= 11 is 1.46. The Hall–Kier alpha value is -2.38. The molecule has 0 spiro atoms. The van der Waals surface area contributed by atoms with Gasteiger partial charge in [-0.05, 0) is 67.9 Å². The maximum atomic E-state index is 12.8. The SMILES string of the molecule is CCCc1cc(C(CC)(CC)c2ccc(C(=O)N[C@@H](C)C(=O)OC)s2)ccc1OCC(C)(O)C(C)(C)C. The van der Waals surface area contributed by atoms with Crippen molar-refractivity contribution in [3.8, 4) is 5.75 Å². The zero-order chi connectivity index (χ0) is 28.0. The third kappa shape index (κ3) is 6.94. The molecule has 0 aliphatic rings. The van der Waals surface area contributed by atoms with Crippen molar-refractivity contribution in [2.24, 2.45) is 5.41 Å². The van der Waals surface area contributed by atoms with E-state index in [0.29, 0.717) is 4.88 Å². The van der Waals surface area contributed by atoms with Gasteiger partial charge in [0.15, 0.2) is 0 Å². The van der Waals surface area contributed by atoms with Crippen molar-refractivity contribution in [2.45, 2.75) is 98.1 Å². The standard InChI is InChI=1S/C30H45NO5S/c1-10-13-21-18-22(14-15-23(21)36-19-29(8,34)28(5,6)7)30(11-2,12-3)25-17-16-24(37-25)26(32)31-20(4)27(33)35-9/h14-18,20,34H,10-13,19H2,1-9H3,(H,31,32)/t20-,29?/m0/s1. The predicted octanol–water partition coefficient (Wildman–Crippen LogP) is 6.27. The van der Waals surface area contributed by atoms with Crippen LogP contribution < -0.4 is 10.1 Å². The van der Waals surface area contributed by atoms with Gasteiger partial charge in [0.25, 0.3) is 5.91 Å². The van der Waals surface area contributed by atoms with Gasteiger partial charge in [-0.15, -0.1) is 11.3 Å². The molecular formula is C30H45NO5S. The topological polar surface area (TPSA) is 84.9 Å². The quantitative estimate of drug-likeness (QED) is 0.315. The number of carbonyl (C=O) groups is 2. The normalized spacial score (nSPS) is 14.5. The van der Waals surface area contributed by atoms with E-state index < -0.39 is 17.6 Å². The van der Waals surface area contributed by atoms with Crippen LogP contribution >= 0.6 is 11.3 Å². The highest BCUT2D eigenvalue weighted by Gasteiger charge is 2.37. The van der Waals surface area contributed by atoms with Crippen LogP contribution in [0.2, 0.25) is 0 Å². The smallest absolute Gasteiger partial charge is 0.328 e. The van der Waals surface area contributed by atoms with E-state index in [1.807, 2.05) is 45.9 Å². The van der Waals surface area contributed by atoms with Crippen molar-refractivity contribution in [3.63, 3.8) is 0 Å². The van der Waals surface area contributed by atoms with Crippen LogP contribution in [0.25, 0.3) is 0 Å². The third-order valence-electron chi connectivity index (χ3n) is 7.67. The summed E-state index contributed by atoms with van der Waals surface area (Å²) in [5, 5.41) is 13.6. The van der Waals surface area contributed by atoms with Crippen LogP contribution in [0.1, 0.15) is 100 Å². The molecule has 0 aliphatic carbocycles.